The molecule has 4 aromatic heterocycles. The van der Waals surface area contributed by atoms with Crippen LogP contribution in [-0.4, -0.2) is 32.2 Å². The predicted octanol–water partition coefficient (Wildman–Crippen LogP) is 3.85. The fourth-order valence-corrected chi connectivity index (χ4v) is 4.18. The Morgan fingerprint density at radius 3 is 2.69 bits per heavy atom. The highest BCUT2D eigenvalue weighted by atomic mass is 19.4. The van der Waals surface area contributed by atoms with Gasteiger partial charge in [0.1, 0.15) is 11.7 Å². The molecule has 0 aliphatic heterocycles. The minimum Gasteiger partial charge on any atom is -0.472 e. The largest absolute Gasteiger partial charge is 0.472 e. The highest BCUT2D eigenvalue weighted by Crippen LogP contribution is 2.35. The molecular formula is C25H20F3N5O3. The summed E-state index contributed by atoms with van der Waals surface area (Å²) in [5.74, 6) is -1.32. The number of halogens is 3. The summed E-state index contributed by atoms with van der Waals surface area (Å²) in [5.41, 5.74) is 6.77. The first-order valence-electron chi connectivity index (χ1n) is 10.9. The first-order valence-corrected chi connectivity index (χ1v) is 10.9. The second kappa shape index (κ2) is 8.91. The molecule has 4 heterocycles. The maximum Gasteiger partial charge on any atom is 0.420 e. The number of alkyl halides is 3. The molecule has 1 atom stereocenters. The molecule has 4 N–H and O–H groups in total. The fourth-order valence-electron chi connectivity index (χ4n) is 4.18. The second-order valence-electron chi connectivity index (χ2n) is 8.38. The van der Waals surface area contributed by atoms with Gasteiger partial charge in [0.15, 0.2) is 0 Å². The van der Waals surface area contributed by atoms with Crippen LogP contribution in [0.15, 0.2) is 71.9 Å². The van der Waals surface area contributed by atoms with Crippen molar-refractivity contribution in [3.05, 3.63) is 84.3 Å². The lowest BCUT2D eigenvalue weighted by Gasteiger charge is -2.15. The van der Waals surface area contributed by atoms with Crippen molar-refractivity contribution < 1.29 is 27.2 Å². The number of fused-ring (bicyclic) bond motifs is 2. The van der Waals surface area contributed by atoms with Crippen molar-refractivity contribution in [2.45, 2.75) is 25.1 Å². The van der Waals surface area contributed by atoms with Gasteiger partial charge in [-0.15, -0.1) is 0 Å². The van der Waals surface area contributed by atoms with Gasteiger partial charge in [0.05, 0.1) is 30.2 Å². The Kier molecular flexibility index (Phi) is 5.75. The molecule has 0 bridgehead atoms. The van der Waals surface area contributed by atoms with Crippen LogP contribution in [0.4, 0.5) is 13.2 Å². The van der Waals surface area contributed by atoms with E-state index in [4.69, 9.17) is 10.2 Å². The molecule has 0 spiro atoms. The van der Waals surface area contributed by atoms with E-state index < -0.39 is 29.6 Å². The van der Waals surface area contributed by atoms with E-state index in [2.05, 4.69) is 15.3 Å². The minimum absolute atomic E-state index is 0.109. The topological polar surface area (TPSA) is 118 Å². The number of nitrogens with one attached hydrogen (secondary N) is 2. The average Bonchev–Trinajstić information content (AvgIpc) is 3.57. The number of nitrogens with two attached hydrogens (primary N) is 1. The van der Waals surface area contributed by atoms with Crippen molar-refractivity contribution in [3.8, 4) is 11.1 Å². The number of nitrogens with zero attached hydrogens (tertiary/aromatic N) is 2. The highest BCUT2D eigenvalue weighted by molar-refractivity contribution is 5.89. The van der Waals surface area contributed by atoms with E-state index in [0.717, 1.165) is 22.5 Å². The summed E-state index contributed by atoms with van der Waals surface area (Å²) in [6.45, 7) is 0. The van der Waals surface area contributed by atoms with E-state index in [1.807, 2.05) is 24.3 Å². The number of carbonyl (C=O) groups is 2. The number of furan rings is 1. The number of aromatic amines is 1. The molecule has 184 valence electrons. The second-order valence-corrected chi connectivity index (χ2v) is 8.38. The highest BCUT2D eigenvalue weighted by Gasteiger charge is 2.35. The zero-order valence-corrected chi connectivity index (χ0v) is 18.7. The molecule has 11 heteroatoms. The van der Waals surface area contributed by atoms with E-state index >= 15 is 0 Å². The Morgan fingerprint density at radius 1 is 1.17 bits per heavy atom. The zero-order chi connectivity index (χ0) is 25.4. The molecule has 36 heavy (non-hydrogen) atoms. The quantitative estimate of drug-likeness (QED) is 0.318. The van der Waals surface area contributed by atoms with Gasteiger partial charge >= 0.3 is 6.18 Å². The van der Waals surface area contributed by atoms with Crippen molar-refractivity contribution in [3.63, 3.8) is 0 Å². The summed E-state index contributed by atoms with van der Waals surface area (Å²) in [6.07, 6.45) is 2.43. The molecule has 0 aliphatic carbocycles. The van der Waals surface area contributed by atoms with Gasteiger partial charge in [-0.25, -0.2) is 4.98 Å². The van der Waals surface area contributed by atoms with E-state index in [9.17, 15) is 22.8 Å². The third kappa shape index (κ3) is 4.54. The number of H-pyrrole nitrogens is 1. The number of hydrogen-bond donors (Lipinski definition) is 3. The molecule has 2 amide bonds. The summed E-state index contributed by atoms with van der Waals surface area (Å²) in [7, 11) is 0. The number of benzene rings is 1. The number of primary amides is 1. The van der Waals surface area contributed by atoms with Crippen molar-refractivity contribution in [2.75, 3.05) is 0 Å². The van der Waals surface area contributed by atoms with E-state index in [1.54, 1.807) is 12.3 Å². The summed E-state index contributed by atoms with van der Waals surface area (Å²) >= 11 is 0. The summed E-state index contributed by atoms with van der Waals surface area (Å²) in [6, 6.07) is 9.01. The number of carbonyl (C=O) groups excluding carboxylic acids is 2. The number of para-hydroxylation sites is 1. The molecule has 0 saturated carbocycles. The molecule has 0 radical (unpaired) electrons. The maximum atomic E-state index is 13.8. The Bertz CT molecular complexity index is 1570. The fraction of sp³-hybridized carbons (Fsp3) is 0.160. The van der Waals surface area contributed by atoms with Gasteiger partial charge in [0.2, 0.25) is 11.8 Å². The van der Waals surface area contributed by atoms with Crippen LogP contribution in [0.3, 0.4) is 0 Å². The van der Waals surface area contributed by atoms with Gasteiger partial charge in [0.25, 0.3) is 0 Å². The summed E-state index contributed by atoms with van der Waals surface area (Å²) < 4.78 is 47.5. The molecule has 5 rings (SSSR count). The standard InChI is InChI=1S/C25H20F3N5O3/c26-25(27,28)19-7-16(14-5-6-36-13-14)11-33-12-17(31-24(19)33)9-22(34)32-21(23(29)35)8-15-10-30-20-4-2-1-3-18(15)20/h1-7,10-13,21,30H,8-9H2,(H2,29,35)(H,32,34). The molecule has 1 unspecified atom stereocenters. The maximum absolute atomic E-state index is 13.8. The predicted molar refractivity (Wildman–Crippen MR) is 125 cm³/mol. The number of pyridine rings is 1. The van der Waals surface area contributed by atoms with Crippen LogP contribution in [0.1, 0.15) is 16.8 Å². The zero-order valence-electron chi connectivity index (χ0n) is 18.7. The number of amides is 2. The monoisotopic (exact) mass is 495 g/mol. The first-order chi connectivity index (χ1) is 17.2. The van der Waals surface area contributed by atoms with E-state index in [1.165, 1.54) is 29.3 Å². The molecular weight excluding hydrogens is 475 g/mol. The third-order valence-electron chi connectivity index (χ3n) is 5.88. The Hall–Kier alpha value is -4.54. The van der Waals surface area contributed by atoms with Gasteiger partial charge in [-0.1, -0.05) is 18.2 Å². The van der Waals surface area contributed by atoms with E-state index in [0.29, 0.717) is 5.56 Å². The van der Waals surface area contributed by atoms with Crippen LogP contribution in [0, 0.1) is 0 Å². The van der Waals surface area contributed by atoms with Gasteiger partial charge in [-0.3, -0.25) is 9.59 Å². The van der Waals surface area contributed by atoms with Crippen molar-refractivity contribution in [1.82, 2.24) is 19.7 Å². The Balaban J connectivity index is 1.38. The van der Waals surface area contributed by atoms with Crippen LogP contribution >= 0.6 is 0 Å². The Labute approximate surface area is 201 Å². The SMILES string of the molecule is NC(=O)C(Cc1c[nH]c2ccccc12)NC(=O)Cc1cn2cc(-c3ccoc3)cc(C(F)(F)F)c2n1. The average molecular weight is 495 g/mol. The molecule has 8 nitrogen and oxygen atoms in total. The molecule has 1 aromatic carbocycles. The van der Waals surface area contributed by atoms with Crippen molar-refractivity contribution in [2.24, 2.45) is 5.73 Å². The number of aromatic nitrogens is 3. The van der Waals surface area contributed by atoms with Crippen LogP contribution in [0.25, 0.3) is 27.7 Å². The van der Waals surface area contributed by atoms with Crippen molar-refractivity contribution >= 4 is 28.4 Å². The van der Waals surface area contributed by atoms with Crippen LogP contribution in [0.2, 0.25) is 0 Å². The summed E-state index contributed by atoms with van der Waals surface area (Å²) in [4.78, 5) is 31.9. The Morgan fingerprint density at radius 2 is 1.97 bits per heavy atom. The number of imidazole rings is 1. The first kappa shape index (κ1) is 23.2. The molecule has 0 saturated heterocycles. The summed E-state index contributed by atoms with van der Waals surface area (Å²) in [5, 5.41) is 3.47. The molecule has 0 fully saturated rings. The smallest absolute Gasteiger partial charge is 0.420 e. The van der Waals surface area contributed by atoms with Gasteiger partial charge in [0, 0.05) is 47.0 Å². The van der Waals surface area contributed by atoms with Crippen LogP contribution in [0.5, 0.6) is 0 Å². The molecule has 0 aliphatic rings. The lowest BCUT2D eigenvalue weighted by Crippen LogP contribution is -2.46. The minimum atomic E-state index is -4.66. The van der Waals surface area contributed by atoms with Crippen LogP contribution in [-0.2, 0) is 28.6 Å². The van der Waals surface area contributed by atoms with Gasteiger partial charge in [-0.2, -0.15) is 13.2 Å². The number of hydrogen-bond acceptors (Lipinski definition) is 4. The van der Waals surface area contributed by atoms with Crippen LogP contribution < -0.4 is 11.1 Å². The van der Waals surface area contributed by atoms with Crippen molar-refractivity contribution in [1.29, 1.82) is 0 Å². The normalized spacial score (nSPS) is 12.8. The van der Waals surface area contributed by atoms with E-state index in [-0.39, 0.29) is 29.7 Å². The van der Waals surface area contributed by atoms with Gasteiger partial charge < -0.3 is 24.9 Å². The molecule has 5 aromatic rings. The lowest BCUT2D eigenvalue weighted by atomic mass is 10.0. The lowest BCUT2D eigenvalue weighted by molar-refractivity contribution is -0.136. The third-order valence-corrected chi connectivity index (χ3v) is 5.88. The van der Waals surface area contributed by atoms with Gasteiger partial charge in [-0.05, 0) is 23.8 Å². The number of rotatable bonds is 7.